The zero-order chi connectivity index (χ0) is 18.7. The van der Waals surface area contributed by atoms with E-state index >= 15 is 0 Å². The van der Waals surface area contributed by atoms with Crippen LogP contribution in [0.4, 0.5) is 5.69 Å². The summed E-state index contributed by atoms with van der Waals surface area (Å²) in [5, 5.41) is 6.96. The van der Waals surface area contributed by atoms with Gasteiger partial charge in [-0.15, -0.1) is 11.3 Å². The number of thiophene rings is 1. The Bertz CT molecular complexity index is 1040. The quantitative estimate of drug-likeness (QED) is 0.627. The molecule has 3 aromatic rings. The maximum absolute atomic E-state index is 12.6. The number of benzene rings is 1. The minimum absolute atomic E-state index is 0.162. The molecule has 7 nitrogen and oxygen atoms in total. The van der Waals surface area contributed by atoms with Crippen LogP contribution in [0.5, 0.6) is 0 Å². The summed E-state index contributed by atoms with van der Waals surface area (Å²) in [6, 6.07) is 11.3. The maximum Gasteiger partial charge on any atom is 0.338 e. The van der Waals surface area contributed by atoms with Gasteiger partial charge in [0.15, 0.2) is 0 Å². The number of nitrogens with one attached hydrogen (secondary N) is 2. The number of ether oxygens (including phenoxy) is 1. The van der Waals surface area contributed by atoms with E-state index in [1.54, 1.807) is 31.2 Å². The predicted octanol–water partition coefficient (Wildman–Crippen LogP) is 3.42. The number of sulfonamides is 1. The van der Waals surface area contributed by atoms with Gasteiger partial charge in [0.2, 0.25) is 0 Å². The van der Waals surface area contributed by atoms with E-state index in [1.165, 1.54) is 12.1 Å². The van der Waals surface area contributed by atoms with E-state index in [0.717, 1.165) is 21.9 Å². The lowest BCUT2D eigenvalue weighted by atomic mass is 10.2. The van der Waals surface area contributed by atoms with Crippen LogP contribution in [0.15, 0.2) is 46.7 Å². The minimum Gasteiger partial charge on any atom is -0.462 e. The first-order chi connectivity index (χ1) is 12.4. The Kier molecular flexibility index (Phi) is 5.10. The van der Waals surface area contributed by atoms with Crippen molar-refractivity contribution in [3.63, 3.8) is 0 Å². The highest BCUT2D eigenvalue weighted by atomic mass is 32.2. The third-order valence-electron chi connectivity index (χ3n) is 3.43. The molecule has 9 heteroatoms. The number of hydrogen-bond acceptors (Lipinski definition) is 6. The Hall–Kier alpha value is -2.65. The first-order valence-electron chi connectivity index (χ1n) is 7.81. The Balaban J connectivity index is 1.82. The van der Waals surface area contributed by atoms with E-state index in [1.807, 2.05) is 13.0 Å². The molecule has 0 fully saturated rings. The lowest BCUT2D eigenvalue weighted by Gasteiger charge is -2.08. The van der Waals surface area contributed by atoms with Crippen molar-refractivity contribution in [2.45, 2.75) is 18.1 Å². The van der Waals surface area contributed by atoms with Gasteiger partial charge in [0, 0.05) is 11.4 Å². The molecular formula is C17H17N3O4S2. The molecule has 2 heterocycles. The molecule has 0 spiro atoms. The Morgan fingerprint density at radius 3 is 2.77 bits per heavy atom. The summed E-state index contributed by atoms with van der Waals surface area (Å²) in [7, 11) is -3.77. The molecule has 0 bridgehead atoms. The molecule has 136 valence electrons. The molecule has 1 aromatic carbocycles. The van der Waals surface area contributed by atoms with Gasteiger partial charge in [0.05, 0.1) is 17.0 Å². The molecule has 2 N–H and O–H groups in total. The highest BCUT2D eigenvalue weighted by molar-refractivity contribution is 7.94. The van der Waals surface area contributed by atoms with Crippen molar-refractivity contribution in [1.29, 1.82) is 0 Å². The van der Waals surface area contributed by atoms with E-state index in [9.17, 15) is 13.2 Å². The number of aromatic amines is 1. The third-order valence-corrected chi connectivity index (χ3v) is 6.41. The van der Waals surface area contributed by atoms with Gasteiger partial charge in [-0.2, -0.15) is 5.10 Å². The van der Waals surface area contributed by atoms with Crippen LogP contribution in [0, 0.1) is 6.92 Å². The van der Waals surface area contributed by atoms with Crippen LogP contribution in [-0.2, 0) is 14.8 Å². The van der Waals surface area contributed by atoms with Crippen LogP contribution in [-0.4, -0.2) is 31.2 Å². The van der Waals surface area contributed by atoms with Crippen molar-refractivity contribution >= 4 is 33.0 Å². The zero-order valence-electron chi connectivity index (χ0n) is 14.1. The SMILES string of the molecule is CCOC(=O)c1cccc(NS(=O)(=O)c2ccc(-c3cc(C)[nH]n3)s2)c1. The van der Waals surface area contributed by atoms with Crippen molar-refractivity contribution in [3.05, 3.63) is 53.7 Å². The second kappa shape index (κ2) is 7.30. The van der Waals surface area contributed by atoms with Crippen LogP contribution in [0.25, 0.3) is 10.6 Å². The van der Waals surface area contributed by atoms with Crippen molar-refractivity contribution in [2.24, 2.45) is 0 Å². The standard InChI is InChI=1S/C17H17N3O4S2/c1-3-24-17(21)12-5-4-6-13(10-12)20-26(22,23)16-8-7-15(25-16)14-9-11(2)18-19-14/h4-10,20H,3H2,1-2H3,(H,18,19). The number of anilines is 1. The van der Waals surface area contributed by atoms with Gasteiger partial charge in [-0.1, -0.05) is 6.07 Å². The molecule has 0 aliphatic heterocycles. The van der Waals surface area contributed by atoms with Gasteiger partial charge in [-0.25, -0.2) is 13.2 Å². The summed E-state index contributed by atoms with van der Waals surface area (Å²) >= 11 is 1.12. The molecule has 0 amide bonds. The van der Waals surface area contributed by atoms with Crippen molar-refractivity contribution < 1.29 is 17.9 Å². The number of aryl methyl sites for hydroxylation is 1. The fourth-order valence-electron chi connectivity index (χ4n) is 2.28. The Labute approximate surface area is 155 Å². The lowest BCUT2D eigenvalue weighted by Crippen LogP contribution is -2.12. The van der Waals surface area contributed by atoms with Crippen molar-refractivity contribution in [2.75, 3.05) is 11.3 Å². The van der Waals surface area contributed by atoms with Crippen molar-refractivity contribution in [1.82, 2.24) is 10.2 Å². The average Bonchev–Trinajstić information content (AvgIpc) is 3.24. The molecule has 0 aliphatic rings. The number of carbonyl (C=O) groups excluding carboxylic acids is 1. The Morgan fingerprint density at radius 1 is 1.27 bits per heavy atom. The first kappa shape index (κ1) is 18.2. The first-order valence-corrected chi connectivity index (χ1v) is 10.1. The van der Waals surface area contributed by atoms with E-state index in [0.29, 0.717) is 11.4 Å². The molecule has 2 aromatic heterocycles. The molecule has 0 saturated heterocycles. The van der Waals surface area contributed by atoms with E-state index in [2.05, 4.69) is 14.9 Å². The summed E-state index contributed by atoms with van der Waals surface area (Å²) in [4.78, 5) is 12.5. The number of rotatable bonds is 6. The average molecular weight is 391 g/mol. The van der Waals surface area contributed by atoms with Gasteiger partial charge in [-0.3, -0.25) is 9.82 Å². The Morgan fingerprint density at radius 2 is 2.08 bits per heavy atom. The smallest absolute Gasteiger partial charge is 0.338 e. The largest absolute Gasteiger partial charge is 0.462 e. The molecule has 0 radical (unpaired) electrons. The summed E-state index contributed by atoms with van der Waals surface area (Å²) in [6.07, 6.45) is 0. The fourth-order valence-corrected chi connectivity index (χ4v) is 4.59. The van der Waals surface area contributed by atoms with Gasteiger partial charge in [0.1, 0.15) is 9.90 Å². The molecule has 0 unspecified atom stereocenters. The number of aromatic nitrogens is 2. The van der Waals surface area contributed by atoms with Crippen LogP contribution in [0.1, 0.15) is 23.0 Å². The fraction of sp³-hybridized carbons (Fsp3) is 0.176. The predicted molar refractivity (Wildman–Crippen MR) is 99.8 cm³/mol. The molecule has 0 aliphatic carbocycles. The number of hydrogen-bond donors (Lipinski definition) is 2. The van der Waals surface area contributed by atoms with E-state index in [4.69, 9.17) is 4.74 Å². The maximum atomic E-state index is 12.6. The lowest BCUT2D eigenvalue weighted by molar-refractivity contribution is 0.0526. The van der Waals surface area contributed by atoms with Crippen molar-refractivity contribution in [3.8, 4) is 10.6 Å². The number of carbonyl (C=O) groups is 1. The monoisotopic (exact) mass is 391 g/mol. The number of esters is 1. The third kappa shape index (κ3) is 3.94. The topological polar surface area (TPSA) is 101 Å². The zero-order valence-corrected chi connectivity index (χ0v) is 15.8. The van der Waals surface area contributed by atoms with Crippen LogP contribution in [0.3, 0.4) is 0 Å². The normalized spacial score (nSPS) is 11.3. The van der Waals surface area contributed by atoms with Crippen LogP contribution in [0.2, 0.25) is 0 Å². The minimum atomic E-state index is -3.77. The van der Waals surface area contributed by atoms with Gasteiger partial charge < -0.3 is 4.74 Å². The summed E-state index contributed by atoms with van der Waals surface area (Å²) in [6.45, 7) is 3.83. The van der Waals surface area contributed by atoms with E-state index < -0.39 is 16.0 Å². The number of H-pyrrole nitrogens is 1. The molecule has 26 heavy (non-hydrogen) atoms. The van der Waals surface area contributed by atoms with E-state index in [-0.39, 0.29) is 16.4 Å². The summed E-state index contributed by atoms with van der Waals surface area (Å²) in [5.41, 5.74) is 2.16. The molecular weight excluding hydrogens is 374 g/mol. The van der Waals surface area contributed by atoms with Gasteiger partial charge in [-0.05, 0) is 50.2 Å². The summed E-state index contributed by atoms with van der Waals surface area (Å²) in [5.74, 6) is -0.499. The number of nitrogens with zero attached hydrogens (tertiary/aromatic N) is 1. The van der Waals surface area contributed by atoms with Crippen LogP contribution < -0.4 is 4.72 Å². The summed E-state index contributed by atoms with van der Waals surface area (Å²) < 4.78 is 32.8. The second-order valence-electron chi connectivity index (χ2n) is 5.46. The molecule has 0 saturated carbocycles. The molecule has 0 atom stereocenters. The highest BCUT2D eigenvalue weighted by Gasteiger charge is 2.19. The molecule has 3 rings (SSSR count). The van der Waals surface area contributed by atoms with Gasteiger partial charge in [0.25, 0.3) is 10.0 Å². The second-order valence-corrected chi connectivity index (χ2v) is 8.45. The van der Waals surface area contributed by atoms with Gasteiger partial charge >= 0.3 is 5.97 Å². The van der Waals surface area contributed by atoms with Crippen LogP contribution >= 0.6 is 11.3 Å². The highest BCUT2D eigenvalue weighted by Crippen LogP contribution is 2.31.